The molecule has 0 radical (unpaired) electrons. The maximum Gasteiger partial charge on any atom is 0.226 e. The number of rotatable bonds is 8. The van der Waals surface area contributed by atoms with Crippen LogP contribution in [0.5, 0.6) is 0 Å². The van der Waals surface area contributed by atoms with Gasteiger partial charge in [-0.05, 0) is 102 Å². The summed E-state index contributed by atoms with van der Waals surface area (Å²) in [5, 5.41) is 0. The number of hydrogen-bond acceptors (Lipinski definition) is 3. The van der Waals surface area contributed by atoms with Crippen LogP contribution in [0.3, 0.4) is 0 Å². The van der Waals surface area contributed by atoms with Crippen molar-refractivity contribution in [1.29, 1.82) is 0 Å². The van der Waals surface area contributed by atoms with Gasteiger partial charge in [0.2, 0.25) is 5.89 Å². The van der Waals surface area contributed by atoms with Crippen LogP contribution in [-0.4, -0.2) is 4.98 Å². The quantitative estimate of drug-likeness (QED) is 0.175. The standard InChI is InChI=1S/C43H34N2O/c1-3-14-42-31(2)44-43(46-42)34-25-23-32(24-26-34)38-19-10-12-21-40(38)41-22-13-11-20-39(41)33-27-29-37(30-28-33)45(35-15-6-4-7-16-35)36-17-8-5-9-18-36/h3-30H,1-2H3. The Bertz CT molecular complexity index is 2050. The van der Waals surface area contributed by atoms with Crippen LogP contribution < -0.4 is 4.90 Å². The fourth-order valence-corrected chi connectivity index (χ4v) is 5.96. The number of aryl methyl sites for hydroxylation is 1. The first-order valence-corrected chi connectivity index (χ1v) is 15.6. The van der Waals surface area contributed by atoms with Gasteiger partial charge in [-0.1, -0.05) is 115 Å². The highest BCUT2D eigenvalue weighted by Gasteiger charge is 2.16. The smallest absolute Gasteiger partial charge is 0.226 e. The Morgan fingerprint density at radius 3 is 1.39 bits per heavy atom. The number of benzene rings is 6. The molecule has 0 spiro atoms. The minimum Gasteiger partial charge on any atom is -0.436 e. The van der Waals surface area contributed by atoms with Crippen molar-refractivity contribution in [2.45, 2.75) is 13.8 Å². The van der Waals surface area contributed by atoms with E-state index >= 15 is 0 Å². The Hall–Kier alpha value is -5.93. The number of allylic oxidation sites excluding steroid dienone is 1. The van der Waals surface area contributed by atoms with Crippen LogP contribution in [-0.2, 0) is 0 Å². The van der Waals surface area contributed by atoms with E-state index < -0.39 is 0 Å². The molecule has 0 fully saturated rings. The van der Waals surface area contributed by atoms with Crippen LogP contribution in [0.25, 0.3) is 50.9 Å². The summed E-state index contributed by atoms with van der Waals surface area (Å²) in [6.07, 6.45) is 3.91. The molecule has 0 aliphatic rings. The summed E-state index contributed by atoms with van der Waals surface area (Å²) < 4.78 is 6.02. The molecule has 6 aromatic carbocycles. The van der Waals surface area contributed by atoms with Gasteiger partial charge < -0.3 is 9.32 Å². The molecule has 7 aromatic rings. The summed E-state index contributed by atoms with van der Waals surface area (Å²) in [5.41, 5.74) is 12.3. The Morgan fingerprint density at radius 1 is 0.478 bits per heavy atom. The van der Waals surface area contributed by atoms with Gasteiger partial charge in [-0.2, -0.15) is 0 Å². The van der Waals surface area contributed by atoms with Gasteiger partial charge in [-0.15, -0.1) is 0 Å². The Labute approximate surface area is 270 Å². The summed E-state index contributed by atoms with van der Waals surface area (Å²) in [5.74, 6) is 1.43. The molecule has 3 nitrogen and oxygen atoms in total. The van der Waals surface area contributed by atoms with E-state index in [1.807, 2.05) is 26.0 Å². The lowest BCUT2D eigenvalue weighted by Gasteiger charge is -2.25. The summed E-state index contributed by atoms with van der Waals surface area (Å²) >= 11 is 0. The minimum atomic E-state index is 0.636. The summed E-state index contributed by atoms with van der Waals surface area (Å²) in [7, 11) is 0. The molecule has 1 aromatic heterocycles. The first-order chi connectivity index (χ1) is 22.7. The molecular weight excluding hydrogens is 560 g/mol. The van der Waals surface area contributed by atoms with Crippen molar-refractivity contribution in [3.63, 3.8) is 0 Å². The lowest BCUT2D eigenvalue weighted by atomic mass is 9.89. The van der Waals surface area contributed by atoms with Crippen LogP contribution in [0.4, 0.5) is 17.1 Å². The van der Waals surface area contributed by atoms with Crippen LogP contribution in [0, 0.1) is 6.92 Å². The first-order valence-electron chi connectivity index (χ1n) is 15.6. The fourth-order valence-electron chi connectivity index (χ4n) is 5.96. The zero-order valence-corrected chi connectivity index (χ0v) is 26.0. The maximum absolute atomic E-state index is 6.02. The average Bonchev–Trinajstić information content (AvgIpc) is 3.49. The highest BCUT2D eigenvalue weighted by molar-refractivity contribution is 5.92. The summed E-state index contributed by atoms with van der Waals surface area (Å²) in [6.45, 7) is 3.95. The predicted octanol–water partition coefficient (Wildman–Crippen LogP) is 12.2. The maximum atomic E-state index is 6.02. The second kappa shape index (κ2) is 13.0. The zero-order valence-electron chi connectivity index (χ0n) is 26.0. The Kier molecular flexibility index (Phi) is 8.13. The molecule has 0 atom stereocenters. The summed E-state index contributed by atoms with van der Waals surface area (Å²) in [4.78, 5) is 6.93. The summed E-state index contributed by atoms with van der Waals surface area (Å²) in [6, 6.07) is 55.7. The average molecular weight is 595 g/mol. The van der Waals surface area contributed by atoms with Crippen molar-refractivity contribution in [2.24, 2.45) is 0 Å². The van der Waals surface area contributed by atoms with E-state index in [-0.39, 0.29) is 0 Å². The molecule has 0 unspecified atom stereocenters. The van der Waals surface area contributed by atoms with Gasteiger partial charge in [0.05, 0.1) is 5.69 Å². The third-order valence-corrected chi connectivity index (χ3v) is 8.20. The third-order valence-electron chi connectivity index (χ3n) is 8.20. The van der Waals surface area contributed by atoms with Gasteiger partial charge in [0.1, 0.15) is 5.76 Å². The largest absolute Gasteiger partial charge is 0.436 e. The van der Waals surface area contributed by atoms with E-state index in [1.165, 1.54) is 27.8 Å². The molecule has 0 aliphatic carbocycles. The van der Waals surface area contributed by atoms with E-state index in [2.05, 4.69) is 168 Å². The monoisotopic (exact) mass is 594 g/mol. The highest BCUT2D eigenvalue weighted by Crippen LogP contribution is 2.40. The van der Waals surface area contributed by atoms with Crippen LogP contribution >= 0.6 is 0 Å². The normalized spacial score (nSPS) is 11.2. The molecule has 3 heteroatoms. The Balaban J connectivity index is 1.23. The molecule has 7 rings (SSSR count). The first kappa shape index (κ1) is 28.8. The van der Waals surface area contributed by atoms with Crippen molar-refractivity contribution in [1.82, 2.24) is 4.98 Å². The molecule has 46 heavy (non-hydrogen) atoms. The molecule has 0 aliphatic heterocycles. The lowest BCUT2D eigenvalue weighted by Crippen LogP contribution is -2.09. The third kappa shape index (κ3) is 5.79. The van der Waals surface area contributed by atoms with Crippen LogP contribution in [0.15, 0.2) is 168 Å². The highest BCUT2D eigenvalue weighted by atomic mass is 16.4. The second-order valence-electron chi connectivity index (χ2n) is 11.2. The second-order valence-corrected chi connectivity index (χ2v) is 11.2. The van der Waals surface area contributed by atoms with Crippen molar-refractivity contribution in [3.8, 4) is 44.8 Å². The van der Waals surface area contributed by atoms with E-state index in [1.54, 1.807) is 0 Å². The molecule has 222 valence electrons. The molecule has 0 N–H and O–H groups in total. The van der Waals surface area contributed by atoms with Gasteiger partial charge in [0, 0.05) is 22.6 Å². The van der Waals surface area contributed by atoms with Crippen molar-refractivity contribution < 1.29 is 4.42 Å². The molecular formula is C43H34N2O. The van der Waals surface area contributed by atoms with Crippen molar-refractivity contribution in [3.05, 3.63) is 175 Å². The molecule has 0 amide bonds. The molecule has 1 heterocycles. The van der Waals surface area contributed by atoms with Crippen molar-refractivity contribution in [2.75, 3.05) is 4.90 Å². The topological polar surface area (TPSA) is 29.3 Å². The SMILES string of the molecule is CC=Cc1oc(-c2ccc(-c3ccccc3-c3ccccc3-c3ccc(N(c4ccccc4)c4ccccc4)cc3)cc2)nc1C. The van der Waals surface area contributed by atoms with E-state index in [4.69, 9.17) is 4.42 Å². The number of oxazole rings is 1. The van der Waals surface area contributed by atoms with Crippen LogP contribution in [0.2, 0.25) is 0 Å². The van der Waals surface area contributed by atoms with Gasteiger partial charge in [0.25, 0.3) is 0 Å². The predicted molar refractivity (Wildman–Crippen MR) is 192 cm³/mol. The Morgan fingerprint density at radius 2 is 0.891 bits per heavy atom. The lowest BCUT2D eigenvalue weighted by molar-refractivity contribution is 0.563. The van der Waals surface area contributed by atoms with E-state index in [0.717, 1.165) is 39.6 Å². The zero-order chi connectivity index (χ0) is 31.3. The van der Waals surface area contributed by atoms with Crippen molar-refractivity contribution >= 4 is 23.1 Å². The van der Waals surface area contributed by atoms with Gasteiger partial charge in [0.15, 0.2) is 0 Å². The molecule has 0 saturated heterocycles. The number of nitrogens with zero attached hydrogens (tertiary/aromatic N) is 2. The van der Waals surface area contributed by atoms with Gasteiger partial charge in [-0.25, -0.2) is 4.98 Å². The molecule has 0 bridgehead atoms. The van der Waals surface area contributed by atoms with Gasteiger partial charge in [-0.3, -0.25) is 0 Å². The fraction of sp³-hybridized carbons (Fsp3) is 0.0465. The van der Waals surface area contributed by atoms with Crippen LogP contribution in [0.1, 0.15) is 18.4 Å². The van der Waals surface area contributed by atoms with Gasteiger partial charge >= 0.3 is 0 Å². The number of hydrogen-bond donors (Lipinski definition) is 0. The van der Waals surface area contributed by atoms with E-state index in [0.29, 0.717) is 5.89 Å². The van der Waals surface area contributed by atoms with E-state index in [9.17, 15) is 0 Å². The number of anilines is 3. The minimum absolute atomic E-state index is 0.636. The number of para-hydroxylation sites is 2. The molecule has 0 saturated carbocycles. The number of aromatic nitrogens is 1.